The summed E-state index contributed by atoms with van der Waals surface area (Å²) in [6.07, 6.45) is 7.44. The van der Waals surface area contributed by atoms with Crippen molar-refractivity contribution in [2.75, 3.05) is 0 Å². The van der Waals surface area contributed by atoms with Crippen LogP contribution < -0.4 is 5.69 Å². The van der Waals surface area contributed by atoms with E-state index in [1.54, 1.807) is 39.9 Å². The molecule has 6 heteroatoms. The summed E-state index contributed by atoms with van der Waals surface area (Å²) in [5, 5.41) is 1.99. The van der Waals surface area contributed by atoms with E-state index >= 15 is 0 Å². The van der Waals surface area contributed by atoms with Crippen LogP contribution >= 0.6 is 11.3 Å². The van der Waals surface area contributed by atoms with Gasteiger partial charge in [0.15, 0.2) is 4.96 Å². The van der Waals surface area contributed by atoms with E-state index in [-0.39, 0.29) is 5.69 Å². The van der Waals surface area contributed by atoms with Crippen molar-refractivity contribution in [3.63, 3.8) is 0 Å². The van der Waals surface area contributed by atoms with E-state index in [0.717, 1.165) is 10.7 Å². The van der Waals surface area contributed by atoms with E-state index in [1.807, 2.05) is 22.2 Å². The van der Waals surface area contributed by atoms with Crippen molar-refractivity contribution >= 4 is 16.3 Å². The minimum atomic E-state index is -0.0173. The molecule has 0 amide bonds. The average molecular weight is 234 g/mol. The highest BCUT2D eigenvalue weighted by atomic mass is 32.1. The number of hydrogen-bond acceptors (Lipinski definition) is 3. The van der Waals surface area contributed by atoms with Gasteiger partial charge in [-0.3, -0.25) is 8.97 Å². The van der Waals surface area contributed by atoms with Crippen molar-refractivity contribution in [3.05, 3.63) is 46.3 Å². The van der Waals surface area contributed by atoms with Gasteiger partial charge in [-0.05, 0) is 0 Å². The summed E-state index contributed by atoms with van der Waals surface area (Å²) in [5.41, 5.74) is 0.886. The maximum Gasteiger partial charge on any atom is 0.328 e. The Morgan fingerprint density at radius 3 is 2.94 bits per heavy atom. The predicted octanol–water partition coefficient (Wildman–Crippen LogP) is 0.944. The van der Waals surface area contributed by atoms with Gasteiger partial charge in [0.2, 0.25) is 0 Å². The molecule has 3 heterocycles. The van der Waals surface area contributed by atoms with Crippen LogP contribution in [0.15, 0.2) is 35.0 Å². The van der Waals surface area contributed by atoms with Gasteiger partial charge >= 0.3 is 5.69 Å². The van der Waals surface area contributed by atoms with Crippen LogP contribution in [-0.2, 0) is 13.6 Å². The number of nitrogens with zero attached hydrogens (tertiary/aromatic N) is 4. The summed E-state index contributed by atoms with van der Waals surface area (Å²) in [6, 6.07) is 0. The number of aryl methyl sites for hydroxylation is 1. The van der Waals surface area contributed by atoms with Gasteiger partial charge in [-0.2, -0.15) is 0 Å². The fraction of sp³-hybridized carbons (Fsp3) is 0.200. The predicted molar refractivity (Wildman–Crippen MR) is 61.8 cm³/mol. The molecule has 5 nitrogen and oxygen atoms in total. The van der Waals surface area contributed by atoms with Crippen LogP contribution in [0.3, 0.4) is 0 Å². The Kier molecular flexibility index (Phi) is 1.97. The van der Waals surface area contributed by atoms with Crippen LogP contribution in [0.4, 0.5) is 0 Å². The quantitative estimate of drug-likeness (QED) is 0.662. The Morgan fingerprint density at radius 1 is 1.38 bits per heavy atom. The van der Waals surface area contributed by atoms with Gasteiger partial charge < -0.3 is 4.57 Å². The number of rotatable bonds is 2. The van der Waals surface area contributed by atoms with Crippen LogP contribution in [0, 0.1) is 0 Å². The van der Waals surface area contributed by atoms with Gasteiger partial charge in [0.25, 0.3) is 0 Å². The zero-order valence-corrected chi connectivity index (χ0v) is 9.52. The van der Waals surface area contributed by atoms with Crippen molar-refractivity contribution in [2.24, 2.45) is 7.05 Å². The largest absolute Gasteiger partial charge is 0.328 e. The van der Waals surface area contributed by atoms with E-state index < -0.39 is 0 Å². The summed E-state index contributed by atoms with van der Waals surface area (Å²) in [7, 11) is 1.74. The second-order valence-corrected chi connectivity index (χ2v) is 4.52. The number of thiazole rings is 1. The van der Waals surface area contributed by atoms with Gasteiger partial charge in [0.1, 0.15) is 0 Å². The average Bonchev–Trinajstić information content (AvgIpc) is 2.88. The molecule has 0 fully saturated rings. The minimum absolute atomic E-state index is 0.0173. The fourth-order valence-electron chi connectivity index (χ4n) is 1.66. The molecular formula is C10H10N4OS. The smallest absolute Gasteiger partial charge is 0.302 e. The maximum absolute atomic E-state index is 11.6. The Balaban J connectivity index is 1.98. The van der Waals surface area contributed by atoms with Crippen molar-refractivity contribution in [3.8, 4) is 0 Å². The maximum atomic E-state index is 11.6. The fourth-order valence-corrected chi connectivity index (χ4v) is 2.38. The number of fused-ring (bicyclic) bond motifs is 1. The topological polar surface area (TPSA) is 44.2 Å². The molecule has 0 N–H and O–H groups in total. The first-order valence-electron chi connectivity index (χ1n) is 4.87. The summed E-state index contributed by atoms with van der Waals surface area (Å²) in [5.74, 6) is 0. The number of hydrogen-bond donors (Lipinski definition) is 0. The Morgan fingerprint density at radius 2 is 2.25 bits per heavy atom. The molecule has 0 saturated heterocycles. The zero-order valence-electron chi connectivity index (χ0n) is 8.70. The molecule has 3 aromatic heterocycles. The summed E-state index contributed by atoms with van der Waals surface area (Å²) < 4.78 is 5.17. The SMILES string of the molecule is Cn1ccn(Cc2cn3ccsc3n2)c1=O. The lowest BCUT2D eigenvalue weighted by atomic mass is 10.5. The summed E-state index contributed by atoms with van der Waals surface area (Å²) in [6.45, 7) is 0.522. The third-order valence-electron chi connectivity index (χ3n) is 2.49. The molecule has 0 unspecified atom stereocenters. The van der Waals surface area contributed by atoms with Crippen LogP contribution in [0.5, 0.6) is 0 Å². The molecule has 0 radical (unpaired) electrons. The minimum Gasteiger partial charge on any atom is -0.302 e. The van der Waals surface area contributed by atoms with E-state index in [2.05, 4.69) is 4.98 Å². The first-order chi connectivity index (χ1) is 7.74. The van der Waals surface area contributed by atoms with Crippen molar-refractivity contribution < 1.29 is 0 Å². The molecule has 0 aromatic carbocycles. The van der Waals surface area contributed by atoms with Crippen molar-refractivity contribution in [2.45, 2.75) is 6.54 Å². The molecule has 82 valence electrons. The molecule has 0 atom stereocenters. The van der Waals surface area contributed by atoms with Gasteiger partial charge in [0, 0.05) is 37.2 Å². The zero-order chi connectivity index (χ0) is 11.1. The van der Waals surface area contributed by atoms with Gasteiger partial charge in [-0.25, -0.2) is 9.78 Å². The van der Waals surface area contributed by atoms with Crippen molar-refractivity contribution in [1.82, 2.24) is 18.5 Å². The molecule has 3 rings (SSSR count). The Bertz CT molecular complexity index is 658. The molecule has 16 heavy (non-hydrogen) atoms. The van der Waals surface area contributed by atoms with Gasteiger partial charge in [-0.15, -0.1) is 11.3 Å². The first kappa shape index (κ1) is 9.41. The first-order valence-corrected chi connectivity index (χ1v) is 5.75. The van der Waals surface area contributed by atoms with Gasteiger partial charge in [-0.1, -0.05) is 0 Å². The molecule has 0 aliphatic rings. The normalized spacial score (nSPS) is 11.3. The molecule has 0 aliphatic carbocycles. The lowest BCUT2D eigenvalue weighted by Crippen LogP contribution is -2.22. The molecule has 0 aliphatic heterocycles. The van der Waals surface area contributed by atoms with E-state index in [9.17, 15) is 4.79 Å². The monoisotopic (exact) mass is 234 g/mol. The van der Waals surface area contributed by atoms with Crippen LogP contribution in [0.2, 0.25) is 0 Å². The number of imidazole rings is 2. The molecule has 0 saturated carbocycles. The molecular weight excluding hydrogens is 224 g/mol. The van der Waals surface area contributed by atoms with E-state index in [4.69, 9.17) is 0 Å². The Hall–Kier alpha value is -1.82. The second-order valence-electron chi connectivity index (χ2n) is 3.64. The Labute approximate surface area is 95.2 Å². The van der Waals surface area contributed by atoms with Crippen LogP contribution in [0.25, 0.3) is 4.96 Å². The standard InChI is InChI=1S/C10H10N4OS/c1-12-2-3-14(10(12)15)7-8-6-13-4-5-16-9(13)11-8/h2-6H,7H2,1H3. The third-order valence-corrected chi connectivity index (χ3v) is 3.26. The second kappa shape index (κ2) is 3.34. The molecule has 0 spiro atoms. The molecule has 0 bridgehead atoms. The highest BCUT2D eigenvalue weighted by Crippen LogP contribution is 2.11. The highest BCUT2D eigenvalue weighted by Gasteiger charge is 2.05. The van der Waals surface area contributed by atoms with E-state index in [1.165, 1.54) is 0 Å². The van der Waals surface area contributed by atoms with Crippen LogP contribution in [0.1, 0.15) is 5.69 Å². The van der Waals surface area contributed by atoms with Gasteiger partial charge in [0.05, 0.1) is 12.2 Å². The highest BCUT2D eigenvalue weighted by molar-refractivity contribution is 7.15. The lowest BCUT2D eigenvalue weighted by Gasteiger charge is -1.95. The van der Waals surface area contributed by atoms with Crippen molar-refractivity contribution in [1.29, 1.82) is 0 Å². The summed E-state index contributed by atoms with van der Waals surface area (Å²) >= 11 is 1.59. The number of aromatic nitrogens is 4. The third kappa shape index (κ3) is 1.38. The molecule has 3 aromatic rings. The van der Waals surface area contributed by atoms with Crippen LogP contribution in [-0.4, -0.2) is 18.5 Å². The summed E-state index contributed by atoms with van der Waals surface area (Å²) in [4.78, 5) is 17.0. The van der Waals surface area contributed by atoms with E-state index in [0.29, 0.717) is 6.54 Å². The lowest BCUT2D eigenvalue weighted by molar-refractivity contribution is 0.708.